The van der Waals surface area contributed by atoms with Crippen LogP contribution in [0.4, 0.5) is 0 Å². The molecular weight excluding hydrogens is 144 g/mol. The normalized spacial score (nSPS) is 7.43. The molecule has 0 atom stereocenters. The van der Waals surface area contributed by atoms with E-state index in [-0.39, 0.29) is 22.6 Å². The summed E-state index contributed by atoms with van der Waals surface area (Å²) in [5.41, 5.74) is -0.0880. The van der Waals surface area contributed by atoms with Gasteiger partial charge in [-0.3, -0.25) is 9.89 Å². The van der Waals surface area contributed by atoms with Crippen LogP contribution in [0.1, 0.15) is 0 Å². The Labute approximate surface area is 50.6 Å². The molecule has 0 spiro atoms. The minimum Gasteiger partial charge on any atom is -0.305 e. The maximum atomic E-state index is 9.98. The summed E-state index contributed by atoms with van der Waals surface area (Å²) in [5.74, 6) is 0. The van der Waals surface area contributed by atoms with Gasteiger partial charge in [-0.2, -0.15) is 0 Å². The smallest absolute Gasteiger partial charge is 0.305 e. The molecule has 0 fully saturated rings. The molecule has 42 valence electrons. The third-order valence-corrected chi connectivity index (χ3v) is 0.513. The number of H-pyrrole nitrogens is 2. The SMILES string of the molecule is O=c1cc[nH][nH]1.[Cu+]. The molecule has 0 bridgehead atoms. The number of hydrogen-bond donors (Lipinski definition) is 2. The van der Waals surface area contributed by atoms with Crippen molar-refractivity contribution in [1.82, 2.24) is 10.2 Å². The number of aromatic amines is 2. The van der Waals surface area contributed by atoms with Crippen LogP contribution in [0.25, 0.3) is 0 Å². The molecule has 0 amide bonds. The predicted octanol–water partition coefficient (Wildman–Crippen LogP) is -0.300. The van der Waals surface area contributed by atoms with Crippen LogP contribution >= 0.6 is 0 Å². The van der Waals surface area contributed by atoms with Gasteiger partial charge in [0.15, 0.2) is 0 Å². The van der Waals surface area contributed by atoms with Crippen molar-refractivity contribution in [2.24, 2.45) is 0 Å². The topological polar surface area (TPSA) is 48.6 Å². The summed E-state index contributed by atoms with van der Waals surface area (Å²) < 4.78 is 0. The van der Waals surface area contributed by atoms with Gasteiger partial charge in [-0.1, -0.05) is 0 Å². The van der Waals surface area contributed by atoms with Gasteiger partial charge < -0.3 is 5.10 Å². The molecule has 0 aliphatic carbocycles. The molecule has 7 heavy (non-hydrogen) atoms. The maximum Gasteiger partial charge on any atom is 1.00 e. The monoisotopic (exact) mass is 147 g/mol. The average Bonchev–Trinajstić information content (AvgIpc) is 1.86. The van der Waals surface area contributed by atoms with Crippen molar-refractivity contribution < 1.29 is 17.1 Å². The van der Waals surface area contributed by atoms with Crippen molar-refractivity contribution in [3.8, 4) is 0 Å². The first-order chi connectivity index (χ1) is 2.89. The zero-order chi connectivity index (χ0) is 4.41. The van der Waals surface area contributed by atoms with Gasteiger partial charge in [-0.05, 0) is 0 Å². The summed E-state index contributed by atoms with van der Waals surface area (Å²) in [7, 11) is 0. The summed E-state index contributed by atoms with van der Waals surface area (Å²) in [6, 6.07) is 1.42. The quantitative estimate of drug-likeness (QED) is 0.487. The Hall–Kier alpha value is -0.471. The van der Waals surface area contributed by atoms with Crippen LogP contribution in [-0.2, 0) is 17.1 Å². The number of rotatable bonds is 0. The third kappa shape index (κ3) is 1.62. The Morgan fingerprint density at radius 3 is 2.43 bits per heavy atom. The van der Waals surface area contributed by atoms with Crippen LogP contribution in [0.15, 0.2) is 17.1 Å². The molecule has 0 aromatic carbocycles. The van der Waals surface area contributed by atoms with E-state index in [9.17, 15) is 4.79 Å². The summed E-state index contributed by atoms with van der Waals surface area (Å²) in [4.78, 5) is 9.98. The second-order valence-electron chi connectivity index (χ2n) is 0.967. The van der Waals surface area contributed by atoms with Crippen molar-refractivity contribution >= 4 is 0 Å². The third-order valence-electron chi connectivity index (χ3n) is 0.513. The predicted molar refractivity (Wildman–Crippen MR) is 21.4 cm³/mol. The molecule has 2 N–H and O–H groups in total. The maximum absolute atomic E-state index is 9.98. The Bertz CT molecular complexity index is 151. The van der Waals surface area contributed by atoms with Crippen LogP contribution in [-0.4, -0.2) is 10.2 Å². The van der Waals surface area contributed by atoms with Gasteiger partial charge in [-0.25, -0.2) is 0 Å². The van der Waals surface area contributed by atoms with E-state index in [0.717, 1.165) is 0 Å². The van der Waals surface area contributed by atoms with Gasteiger partial charge in [0.25, 0.3) is 5.56 Å². The molecule has 1 aromatic rings. The molecule has 0 aliphatic heterocycles. The van der Waals surface area contributed by atoms with E-state index in [2.05, 4.69) is 10.2 Å². The number of aromatic nitrogens is 2. The first kappa shape index (κ1) is 6.53. The molecular formula is C3H4CuN2O+. The minimum absolute atomic E-state index is 0. The van der Waals surface area contributed by atoms with Crippen molar-refractivity contribution in [3.63, 3.8) is 0 Å². The molecule has 0 radical (unpaired) electrons. The zero-order valence-corrected chi connectivity index (χ0v) is 4.31. The zero-order valence-electron chi connectivity index (χ0n) is 3.36. The van der Waals surface area contributed by atoms with E-state index in [1.165, 1.54) is 6.07 Å². The fourth-order valence-electron chi connectivity index (χ4n) is 0.272. The van der Waals surface area contributed by atoms with Crippen LogP contribution in [0, 0.1) is 0 Å². The fourth-order valence-corrected chi connectivity index (χ4v) is 0.272. The van der Waals surface area contributed by atoms with Gasteiger partial charge in [0.05, 0.1) is 0 Å². The standard InChI is InChI=1S/C3H4N2O.Cu/c6-3-1-2-4-5-3;/h1-2H,(H2,4,5,6);/q;+1. The van der Waals surface area contributed by atoms with Crippen molar-refractivity contribution in [1.29, 1.82) is 0 Å². The first-order valence-corrected chi connectivity index (χ1v) is 1.61. The summed E-state index contributed by atoms with van der Waals surface area (Å²) >= 11 is 0. The number of nitrogens with one attached hydrogen (secondary N) is 2. The van der Waals surface area contributed by atoms with Crippen LogP contribution in [0.3, 0.4) is 0 Å². The molecule has 0 unspecified atom stereocenters. The van der Waals surface area contributed by atoms with Gasteiger partial charge in [0.2, 0.25) is 0 Å². The Kier molecular flexibility index (Phi) is 2.48. The second kappa shape index (κ2) is 2.66. The van der Waals surface area contributed by atoms with Crippen molar-refractivity contribution in [3.05, 3.63) is 22.6 Å². The van der Waals surface area contributed by atoms with Crippen molar-refractivity contribution in [2.45, 2.75) is 0 Å². The van der Waals surface area contributed by atoms with Crippen LogP contribution in [0.5, 0.6) is 0 Å². The van der Waals surface area contributed by atoms with Crippen LogP contribution in [0.2, 0.25) is 0 Å². The van der Waals surface area contributed by atoms with Gasteiger partial charge >= 0.3 is 17.1 Å². The van der Waals surface area contributed by atoms with E-state index in [1.54, 1.807) is 6.20 Å². The summed E-state index contributed by atoms with van der Waals surface area (Å²) in [5, 5.41) is 4.81. The van der Waals surface area contributed by atoms with Gasteiger partial charge in [0.1, 0.15) is 0 Å². The molecule has 0 saturated carbocycles. The van der Waals surface area contributed by atoms with Crippen LogP contribution < -0.4 is 5.56 Å². The largest absolute Gasteiger partial charge is 1.00 e. The van der Waals surface area contributed by atoms with E-state index in [1.807, 2.05) is 0 Å². The van der Waals surface area contributed by atoms with Crippen molar-refractivity contribution in [2.75, 3.05) is 0 Å². The molecule has 3 nitrogen and oxygen atoms in total. The average molecular weight is 148 g/mol. The molecule has 0 aliphatic rings. The fraction of sp³-hybridized carbons (Fsp3) is 0. The molecule has 4 heteroatoms. The molecule has 1 heterocycles. The molecule has 1 rings (SSSR count). The van der Waals surface area contributed by atoms with E-state index in [4.69, 9.17) is 0 Å². The number of hydrogen-bond acceptors (Lipinski definition) is 1. The summed E-state index contributed by atoms with van der Waals surface area (Å²) in [6.07, 6.45) is 1.54. The van der Waals surface area contributed by atoms with E-state index >= 15 is 0 Å². The van der Waals surface area contributed by atoms with E-state index < -0.39 is 0 Å². The second-order valence-corrected chi connectivity index (χ2v) is 0.967. The minimum atomic E-state index is -0.0880. The van der Waals surface area contributed by atoms with Gasteiger partial charge in [-0.15, -0.1) is 0 Å². The Morgan fingerprint density at radius 2 is 2.29 bits per heavy atom. The molecule has 1 aromatic heterocycles. The van der Waals surface area contributed by atoms with Gasteiger partial charge in [0, 0.05) is 12.3 Å². The first-order valence-electron chi connectivity index (χ1n) is 1.61. The summed E-state index contributed by atoms with van der Waals surface area (Å²) in [6.45, 7) is 0. The molecule has 0 saturated heterocycles. The Balaban J connectivity index is 0.000000360. The Morgan fingerprint density at radius 1 is 1.57 bits per heavy atom. The van der Waals surface area contributed by atoms with E-state index in [0.29, 0.717) is 0 Å².